The van der Waals surface area contributed by atoms with Gasteiger partial charge in [-0.15, -0.1) is 0 Å². The lowest BCUT2D eigenvalue weighted by Gasteiger charge is -2.50. The number of aromatic hydroxyl groups is 2. The lowest BCUT2D eigenvalue weighted by atomic mass is 9.86. The maximum Gasteiger partial charge on any atom is 0.330 e. The summed E-state index contributed by atoms with van der Waals surface area (Å²) in [5.41, 5.74) is 1.69. The molecular formula is C35H41N3O12. The summed E-state index contributed by atoms with van der Waals surface area (Å²) < 4.78 is 11.8. The van der Waals surface area contributed by atoms with Gasteiger partial charge in [0, 0.05) is 43.1 Å². The minimum absolute atomic E-state index is 0.0262. The van der Waals surface area contributed by atoms with Gasteiger partial charge in [-0.1, -0.05) is 13.0 Å². The fourth-order valence-corrected chi connectivity index (χ4v) is 7.45. The highest BCUT2D eigenvalue weighted by Crippen LogP contribution is 2.54. The molecule has 8 N–H and O–H groups in total. The first kappa shape index (κ1) is 35.4. The molecular weight excluding hydrogens is 654 g/mol. The summed E-state index contributed by atoms with van der Waals surface area (Å²) in [5.74, 6) is -4.61. The number of aliphatic hydroxyl groups excluding tert-OH is 5. The first-order valence-corrected chi connectivity index (χ1v) is 16.5. The smallest absolute Gasteiger partial charge is 0.330 e. The Kier molecular flexibility index (Phi) is 9.74. The van der Waals surface area contributed by atoms with E-state index in [-0.39, 0.29) is 61.5 Å². The highest BCUT2D eigenvalue weighted by Gasteiger charge is 2.59. The molecule has 1 amide bonds. The van der Waals surface area contributed by atoms with Gasteiger partial charge in [0.05, 0.1) is 23.7 Å². The van der Waals surface area contributed by atoms with Crippen molar-refractivity contribution in [2.45, 2.75) is 87.6 Å². The van der Waals surface area contributed by atoms with Crippen LogP contribution in [0.1, 0.15) is 54.9 Å². The second-order valence-corrected chi connectivity index (χ2v) is 13.0. The Hall–Kier alpha value is -4.38. The summed E-state index contributed by atoms with van der Waals surface area (Å²) in [6.07, 6.45) is -3.17. The Balaban J connectivity index is 1.38. The van der Waals surface area contributed by atoms with Crippen LogP contribution >= 0.6 is 0 Å². The molecule has 2 aromatic rings. The molecule has 2 aromatic carbocycles. The van der Waals surface area contributed by atoms with Crippen molar-refractivity contribution in [2.75, 3.05) is 24.8 Å². The van der Waals surface area contributed by atoms with Crippen LogP contribution in [-0.2, 0) is 33.6 Å². The largest absolute Gasteiger partial charge is 0.508 e. The molecule has 268 valence electrons. The molecule has 15 nitrogen and oxygen atoms in total. The maximum atomic E-state index is 14.2. The molecule has 4 aliphatic rings. The van der Waals surface area contributed by atoms with Gasteiger partial charge in [-0.3, -0.25) is 19.7 Å². The molecule has 15 heteroatoms. The van der Waals surface area contributed by atoms with Gasteiger partial charge in [0.1, 0.15) is 42.4 Å². The number of carboxylic acid groups (broad SMARTS) is 1. The maximum absolute atomic E-state index is 14.2. The van der Waals surface area contributed by atoms with Gasteiger partial charge >= 0.3 is 5.97 Å². The minimum atomic E-state index is -1.98. The molecule has 4 aliphatic heterocycles. The number of aliphatic imine (C=N–C) groups is 2. The van der Waals surface area contributed by atoms with Crippen LogP contribution in [0.15, 0.2) is 40.3 Å². The zero-order valence-electron chi connectivity index (χ0n) is 27.4. The highest BCUT2D eigenvalue weighted by molar-refractivity contribution is 6.43. The number of aliphatic hydroxyl groups is 5. The average Bonchev–Trinajstić information content (AvgIpc) is 3.70. The number of benzene rings is 2. The Labute approximate surface area is 287 Å². The lowest BCUT2D eigenvalue weighted by molar-refractivity contribution is -0.342. The van der Waals surface area contributed by atoms with Crippen molar-refractivity contribution >= 4 is 35.1 Å². The SMILES string of the molecule is CCC1=NCN=C1Cc1cc(/C=C/C(=O)N2c3c(cc(O)c4c3CC[C@@]3(O4)O[C@H](CO)[C@@H](O)[C@H](O)[C@H]3O)C[C@]2(CCCO)C(=O)O)ccc1O. The van der Waals surface area contributed by atoms with E-state index in [0.717, 1.165) is 16.3 Å². The van der Waals surface area contributed by atoms with Gasteiger partial charge in [-0.05, 0) is 61.1 Å². The van der Waals surface area contributed by atoms with Gasteiger partial charge in [0.2, 0.25) is 5.79 Å². The first-order chi connectivity index (χ1) is 23.9. The highest BCUT2D eigenvalue weighted by atomic mass is 16.7. The van der Waals surface area contributed by atoms with Gasteiger partial charge < -0.3 is 50.3 Å². The Bertz CT molecular complexity index is 1770. The fourth-order valence-electron chi connectivity index (χ4n) is 7.45. The molecule has 0 radical (unpaired) electrons. The number of hydrogen-bond acceptors (Lipinski definition) is 13. The van der Waals surface area contributed by atoms with Gasteiger partial charge in [-0.25, -0.2) is 4.79 Å². The van der Waals surface area contributed by atoms with Crippen LogP contribution in [0.3, 0.4) is 0 Å². The number of carbonyl (C=O) groups is 2. The van der Waals surface area contributed by atoms with E-state index in [9.17, 15) is 50.4 Å². The summed E-state index contributed by atoms with van der Waals surface area (Å²) in [5, 5.41) is 83.5. The molecule has 0 unspecified atom stereocenters. The standard InChI is InChI=1S/C35H41N3O12/c1-2-22-23(37-17-36-22)13-19-12-18(4-6-24(19)41)5-7-27(43)38-28-20(15-34(38,33(47)48)9-3-11-39)14-25(42)31-21(28)8-10-35(50-31)32(46)30(45)29(44)26(16-40)49-35/h4-7,12,14,26,29-30,32,39-42,44-46H,2-3,8-11,13,15-17H2,1H3,(H,47,48)/b7-5+/t26-,29-,30+,32-,34-,35+/m1/s1. The van der Waals surface area contributed by atoms with Crippen molar-refractivity contribution in [1.82, 2.24) is 0 Å². The van der Waals surface area contributed by atoms with Crippen molar-refractivity contribution in [1.29, 1.82) is 0 Å². The van der Waals surface area contributed by atoms with E-state index in [2.05, 4.69) is 9.98 Å². The second kappa shape index (κ2) is 13.7. The van der Waals surface area contributed by atoms with Crippen molar-refractivity contribution < 1.29 is 59.9 Å². The van der Waals surface area contributed by atoms with Crippen LogP contribution in [0.5, 0.6) is 17.2 Å². The van der Waals surface area contributed by atoms with E-state index in [1.807, 2.05) is 6.92 Å². The molecule has 1 saturated heterocycles. The number of hydrogen-bond donors (Lipinski definition) is 8. The number of phenolic OH excluding ortho intramolecular Hbond substituents is 2. The van der Waals surface area contributed by atoms with Crippen molar-refractivity contribution in [3.63, 3.8) is 0 Å². The number of ether oxygens (including phenoxy) is 2. The minimum Gasteiger partial charge on any atom is -0.508 e. The van der Waals surface area contributed by atoms with Crippen LogP contribution in [0, 0.1) is 0 Å². The van der Waals surface area contributed by atoms with E-state index in [1.165, 1.54) is 24.3 Å². The van der Waals surface area contributed by atoms with Gasteiger partial charge in [0.25, 0.3) is 5.91 Å². The van der Waals surface area contributed by atoms with Gasteiger partial charge in [0.15, 0.2) is 11.5 Å². The van der Waals surface area contributed by atoms with E-state index in [1.54, 1.807) is 12.1 Å². The summed E-state index contributed by atoms with van der Waals surface area (Å²) >= 11 is 0. The molecule has 6 rings (SSSR count). The van der Waals surface area contributed by atoms with Crippen LogP contribution < -0.4 is 9.64 Å². The van der Waals surface area contributed by atoms with Crippen LogP contribution in [0.25, 0.3) is 6.08 Å². The van der Waals surface area contributed by atoms with Crippen LogP contribution in [0.4, 0.5) is 5.69 Å². The summed E-state index contributed by atoms with van der Waals surface area (Å²) in [6, 6.07) is 6.08. The summed E-state index contributed by atoms with van der Waals surface area (Å²) in [4.78, 5) is 37.2. The molecule has 4 heterocycles. The van der Waals surface area contributed by atoms with Crippen LogP contribution in [-0.4, -0.2) is 120 Å². The second-order valence-electron chi connectivity index (χ2n) is 13.0. The van der Waals surface area contributed by atoms with Crippen LogP contribution in [0.2, 0.25) is 0 Å². The molecule has 0 aliphatic carbocycles. The normalized spacial score (nSPS) is 28.7. The third-order valence-electron chi connectivity index (χ3n) is 10.0. The number of carbonyl (C=O) groups excluding carboxylic acids is 1. The Morgan fingerprint density at radius 1 is 1.06 bits per heavy atom. The summed E-state index contributed by atoms with van der Waals surface area (Å²) in [7, 11) is 0. The lowest BCUT2D eigenvalue weighted by Crippen LogP contribution is -2.68. The number of amides is 1. The summed E-state index contributed by atoms with van der Waals surface area (Å²) in [6.45, 7) is 1.27. The fraction of sp³-hybridized carbons (Fsp3) is 0.486. The van der Waals surface area contributed by atoms with Gasteiger partial charge in [-0.2, -0.15) is 0 Å². The third kappa shape index (κ3) is 5.93. The molecule has 0 saturated carbocycles. The van der Waals surface area contributed by atoms with Crippen molar-refractivity contribution in [3.8, 4) is 17.2 Å². The zero-order valence-corrected chi connectivity index (χ0v) is 27.4. The quantitative estimate of drug-likeness (QED) is 0.159. The Morgan fingerprint density at radius 2 is 1.82 bits per heavy atom. The number of anilines is 1. The number of aliphatic carboxylic acids is 1. The average molecular weight is 696 g/mol. The topological polar surface area (TPSA) is 242 Å². The Morgan fingerprint density at radius 3 is 2.52 bits per heavy atom. The van der Waals surface area contributed by atoms with E-state index in [0.29, 0.717) is 36.2 Å². The monoisotopic (exact) mass is 695 g/mol. The molecule has 1 fully saturated rings. The van der Waals surface area contributed by atoms with Crippen molar-refractivity contribution in [2.24, 2.45) is 9.98 Å². The molecule has 1 spiro atoms. The van der Waals surface area contributed by atoms with E-state index in [4.69, 9.17) is 9.47 Å². The first-order valence-electron chi connectivity index (χ1n) is 16.5. The number of fused-ring (bicyclic) bond motifs is 3. The number of carboxylic acids is 1. The molecule has 0 bridgehead atoms. The molecule has 6 atom stereocenters. The predicted molar refractivity (Wildman–Crippen MR) is 179 cm³/mol. The van der Waals surface area contributed by atoms with E-state index >= 15 is 0 Å². The predicted octanol–water partition coefficient (Wildman–Crippen LogP) is 0.597. The number of phenols is 2. The number of rotatable bonds is 10. The molecule has 50 heavy (non-hydrogen) atoms. The number of nitrogens with zero attached hydrogens (tertiary/aromatic N) is 3. The zero-order chi connectivity index (χ0) is 36.0. The molecule has 0 aromatic heterocycles. The van der Waals surface area contributed by atoms with E-state index < -0.39 is 60.0 Å². The van der Waals surface area contributed by atoms with Crippen molar-refractivity contribution in [3.05, 3.63) is 52.6 Å². The third-order valence-corrected chi connectivity index (χ3v) is 10.0.